The smallest absolute Gasteiger partial charge is 0.213 e. The van der Waals surface area contributed by atoms with E-state index in [1.54, 1.807) is 22.5 Å². The summed E-state index contributed by atoms with van der Waals surface area (Å²) < 4.78 is 1.77. The SMILES string of the molecule is Clc1ccc(C2=Nn3c(nnc3-c3cc(-c4ccccc4)n[nH]3)SC2Cc2ccccc2)cc1Cl. The Hall–Kier alpha value is -3.39. The monoisotopic (exact) mass is 516 g/mol. The lowest BCUT2D eigenvalue weighted by Gasteiger charge is -2.23. The average molecular weight is 517 g/mol. The summed E-state index contributed by atoms with van der Waals surface area (Å²) in [5, 5.41) is 23.2. The van der Waals surface area contributed by atoms with Gasteiger partial charge < -0.3 is 0 Å². The fourth-order valence-corrected chi connectivity index (χ4v) is 5.45. The number of fused-ring (bicyclic) bond motifs is 1. The van der Waals surface area contributed by atoms with Crippen molar-refractivity contribution in [3.63, 3.8) is 0 Å². The minimum Gasteiger partial charge on any atom is -0.274 e. The molecule has 9 heteroatoms. The average Bonchev–Trinajstić information content (AvgIpc) is 3.53. The van der Waals surface area contributed by atoms with Crippen LogP contribution in [0.2, 0.25) is 10.0 Å². The van der Waals surface area contributed by atoms with Crippen LogP contribution < -0.4 is 0 Å². The van der Waals surface area contributed by atoms with E-state index < -0.39 is 0 Å². The number of nitrogens with one attached hydrogen (secondary N) is 1. The molecule has 0 saturated carbocycles. The number of hydrogen-bond acceptors (Lipinski definition) is 5. The second-order valence-corrected chi connectivity index (χ2v) is 10.0. The Labute approximate surface area is 216 Å². The van der Waals surface area contributed by atoms with Crippen molar-refractivity contribution < 1.29 is 0 Å². The van der Waals surface area contributed by atoms with E-state index in [1.807, 2.05) is 66.7 Å². The summed E-state index contributed by atoms with van der Waals surface area (Å²) in [6.07, 6.45) is 0.787. The van der Waals surface area contributed by atoms with E-state index in [1.165, 1.54) is 5.56 Å². The van der Waals surface area contributed by atoms with Crippen LogP contribution >= 0.6 is 35.0 Å². The predicted octanol–water partition coefficient (Wildman–Crippen LogP) is 6.61. The van der Waals surface area contributed by atoms with Gasteiger partial charge in [0.15, 0.2) is 0 Å². The van der Waals surface area contributed by atoms with E-state index in [9.17, 15) is 0 Å². The van der Waals surface area contributed by atoms with Crippen molar-refractivity contribution in [2.45, 2.75) is 16.8 Å². The molecule has 0 spiro atoms. The predicted molar refractivity (Wildman–Crippen MR) is 141 cm³/mol. The maximum absolute atomic E-state index is 6.37. The molecule has 0 saturated heterocycles. The lowest BCUT2D eigenvalue weighted by atomic mass is 10.0. The van der Waals surface area contributed by atoms with Gasteiger partial charge in [-0.3, -0.25) is 5.10 Å². The first-order valence-electron chi connectivity index (χ1n) is 11.0. The third-order valence-electron chi connectivity index (χ3n) is 5.74. The Bertz CT molecular complexity index is 1530. The quantitative estimate of drug-likeness (QED) is 0.285. The van der Waals surface area contributed by atoms with Gasteiger partial charge in [-0.1, -0.05) is 102 Å². The molecule has 5 aromatic rings. The van der Waals surface area contributed by atoms with Crippen LogP contribution in [0, 0.1) is 0 Å². The van der Waals surface area contributed by atoms with Gasteiger partial charge in [0.05, 0.1) is 26.7 Å². The number of nitrogens with zero attached hydrogens (tertiary/aromatic N) is 5. The molecule has 3 aromatic carbocycles. The summed E-state index contributed by atoms with van der Waals surface area (Å²) in [7, 11) is 0. The molecular weight excluding hydrogens is 499 g/mol. The van der Waals surface area contributed by atoms with Gasteiger partial charge in [-0.2, -0.15) is 14.9 Å². The second kappa shape index (κ2) is 9.34. The van der Waals surface area contributed by atoms with Crippen LogP contribution in [0.3, 0.4) is 0 Å². The van der Waals surface area contributed by atoms with Gasteiger partial charge in [0, 0.05) is 11.1 Å². The highest BCUT2D eigenvalue weighted by Gasteiger charge is 2.30. The molecule has 6 nitrogen and oxygen atoms in total. The van der Waals surface area contributed by atoms with Gasteiger partial charge in [-0.25, -0.2) is 0 Å². The van der Waals surface area contributed by atoms with Crippen LogP contribution in [0.5, 0.6) is 0 Å². The third-order valence-corrected chi connectivity index (χ3v) is 7.62. The van der Waals surface area contributed by atoms with Crippen molar-refractivity contribution in [3.05, 3.63) is 106 Å². The topological polar surface area (TPSA) is 71.8 Å². The normalized spacial score (nSPS) is 15.0. The summed E-state index contributed by atoms with van der Waals surface area (Å²) in [6, 6.07) is 27.9. The van der Waals surface area contributed by atoms with Gasteiger partial charge >= 0.3 is 0 Å². The first-order valence-corrected chi connectivity index (χ1v) is 12.6. The summed E-state index contributed by atoms with van der Waals surface area (Å²) in [5.41, 5.74) is 5.60. The molecule has 0 fully saturated rings. The van der Waals surface area contributed by atoms with Crippen LogP contribution in [0.25, 0.3) is 22.8 Å². The van der Waals surface area contributed by atoms with Crippen molar-refractivity contribution in [2.75, 3.05) is 0 Å². The van der Waals surface area contributed by atoms with E-state index in [4.69, 9.17) is 28.3 Å². The van der Waals surface area contributed by atoms with Crippen molar-refractivity contribution in [1.29, 1.82) is 0 Å². The maximum atomic E-state index is 6.37. The van der Waals surface area contributed by atoms with Crippen molar-refractivity contribution >= 4 is 40.7 Å². The Morgan fingerprint density at radius 3 is 2.37 bits per heavy atom. The molecule has 35 heavy (non-hydrogen) atoms. The summed E-state index contributed by atoms with van der Waals surface area (Å²) >= 11 is 14.2. The fourth-order valence-electron chi connectivity index (χ4n) is 4.01. The van der Waals surface area contributed by atoms with Gasteiger partial charge in [0.1, 0.15) is 5.69 Å². The molecule has 1 aliphatic rings. The van der Waals surface area contributed by atoms with Crippen LogP contribution in [-0.4, -0.2) is 36.0 Å². The number of thioether (sulfide) groups is 1. The number of hydrogen-bond donors (Lipinski definition) is 1. The van der Waals surface area contributed by atoms with Gasteiger partial charge in [-0.15, -0.1) is 10.2 Å². The zero-order valence-electron chi connectivity index (χ0n) is 18.3. The molecule has 0 amide bonds. The van der Waals surface area contributed by atoms with Crippen molar-refractivity contribution in [1.82, 2.24) is 25.1 Å². The number of benzene rings is 3. The highest BCUT2D eigenvalue weighted by molar-refractivity contribution is 8.00. The molecule has 0 aliphatic carbocycles. The molecule has 1 N–H and O–H groups in total. The van der Waals surface area contributed by atoms with Gasteiger partial charge in [0.25, 0.3) is 0 Å². The highest BCUT2D eigenvalue weighted by Crippen LogP contribution is 2.36. The number of H-pyrrole nitrogens is 1. The number of rotatable bonds is 5. The van der Waals surface area contributed by atoms with Crippen LogP contribution in [0.15, 0.2) is 95.2 Å². The first-order chi connectivity index (χ1) is 17.2. The Balaban J connectivity index is 1.42. The largest absolute Gasteiger partial charge is 0.274 e. The summed E-state index contributed by atoms with van der Waals surface area (Å²) in [6.45, 7) is 0. The molecule has 0 radical (unpaired) electrons. The van der Waals surface area contributed by atoms with E-state index in [0.29, 0.717) is 15.9 Å². The number of halogens is 2. The molecule has 1 atom stereocenters. The molecule has 0 bridgehead atoms. The highest BCUT2D eigenvalue weighted by atomic mass is 35.5. The lowest BCUT2D eigenvalue weighted by Crippen LogP contribution is -2.26. The van der Waals surface area contributed by atoms with Gasteiger partial charge in [-0.05, 0) is 30.2 Å². The summed E-state index contributed by atoms with van der Waals surface area (Å²) in [4.78, 5) is 0. The Morgan fingerprint density at radius 1 is 0.829 bits per heavy atom. The lowest BCUT2D eigenvalue weighted by molar-refractivity contribution is 0.746. The van der Waals surface area contributed by atoms with E-state index in [-0.39, 0.29) is 5.25 Å². The molecule has 3 heterocycles. The molecular formula is C26H18Cl2N6S. The molecule has 1 aliphatic heterocycles. The summed E-state index contributed by atoms with van der Waals surface area (Å²) in [5.74, 6) is 0.595. The standard InChI is InChI=1S/C26H18Cl2N6S/c27-19-12-11-18(14-20(19)28)24-23(13-16-7-3-1-4-8-16)35-26-32-31-25(34(26)33-24)22-15-21(29-30-22)17-9-5-2-6-10-17/h1-12,14-15,23H,13H2,(H,29,30). The molecule has 6 rings (SSSR count). The molecule has 2 aromatic heterocycles. The molecule has 1 unspecified atom stereocenters. The third kappa shape index (κ3) is 4.38. The van der Waals surface area contributed by atoms with E-state index >= 15 is 0 Å². The number of aromatic nitrogens is 5. The number of aromatic amines is 1. The van der Waals surface area contributed by atoms with Crippen molar-refractivity contribution in [3.8, 4) is 22.8 Å². The first kappa shape index (κ1) is 22.1. The second-order valence-electron chi connectivity index (χ2n) is 8.06. The van der Waals surface area contributed by atoms with E-state index in [0.717, 1.165) is 39.8 Å². The minimum absolute atomic E-state index is 0.0286. The van der Waals surface area contributed by atoms with Crippen LogP contribution in [0.4, 0.5) is 0 Å². The Kier molecular flexibility index (Phi) is 5.90. The molecule has 172 valence electrons. The minimum atomic E-state index is 0.0286. The van der Waals surface area contributed by atoms with Crippen LogP contribution in [0.1, 0.15) is 11.1 Å². The van der Waals surface area contributed by atoms with Crippen LogP contribution in [-0.2, 0) is 6.42 Å². The van der Waals surface area contributed by atoms with E-state index in [2.05, 4.69) is 32.5 Å². The maximum Gasteiger partial charge on any atom is 0.213 e. The fraction of sp³-hybridized carbons (Fsp3) is 0.0769. The van der Waals surface area contributed by atoms with Crippen molar-refractivity contribution in [2.24, 2.45) is 5.10 Å². The Morgan fingerprint density at radius 2 is 1.60 bits per heavy atom. The zero-order chi connectivity index (χ0) is 23.8. The zero-order valence-corrected chi connectivity index (χ0v) is 20.6. The van der Waals surface area contributed by atoms with Gasteiger partial charge in [0.2, 0.25) is 11.0 Å².